The van der Waals surface area contributed by atoms with Gasteiger partial charge in [0.2, 0.25) is 0 Å². The third-order valence-corrected chi connectivity index (χ3v) is 3.88. The summed E-state index contributed by atoms with van der Waals surface area (Å²) in [5, 5.41) is 0. The van der Waals surface area contributed by atoms with E-state index in [-0.39, 0.29) is 5.41 Å². The SMILES string of the molecule is C=CCC1(CC#C[Si](C)(C)C)COC(C)(C)OC1. The summed E-state index contributed by atoms with van der Waals surface area (Å²) < 4.78 is 11.6. The molecule has 2 nitrogen and oxygen atoms in total. The molecule has 0 saturated carbocycles. The van der Waals surface area contributed by atoms with Crippen molar-refractivity contribution in [2.45, 2.75) is 52.1 Å². The van der Waals surface area contributed by atoms with E-state index < -0.39 is 13.9 Å². The van der Waals surface area contributed by atoms with E-state index in [4.69, 9.17) is 9.47 Å². The van der Waals surface area contributed by atoms with Crippen molar-refractivity contribution in [2.75, 3.05) is 13.2 Å². The quantitative estimate of drug-likeness (QED) is 0.441. The molecule has 1 heterocycles. The Morgan fingerprint density at radius 1 is 1.22 bits per heavy atom. The lowest BCUT2D eigenvalue weighted by Crippen LogP contribution is -2.46. The molecule has 102 valence electrons. The molecule has 1 rings (SSSR count). The van der Waals surface area contributed by atoms with Gasteiger partial charge in [-0.05, 0) is 20.3 Å². The highest BCUT2D eigenvalue weighted by molar-refractivity contribution is 6.83. The first-order valence-corrected chi connectivity index (χ1v) is 10.1. The molecule has 0 spiro atoms. The van der Waals surface area contributed by atoms with E-state index in [0.29, 0.717) is 13.2 Å². The molecular weight excluding hydrogens is 240 g/mol. The summed E-state index contributed by atoms with van der Waals surface area (Å²) >= 11 is 0. The molecule has 0 aromatic heterocycles. The second-order valence-electron chi connectivity index (χ2n) is 6.70. The Labute approximate surface area is 113 Å². The molecule has 0 atom stereocenters. The smallest absolute Gasteiger partial charge is 0.162 e. The van der Waals surface area contributed by atoms with Crippen molar-refractivity contribution in [1.29, 1.82) is 0 Å². The van der Waals surface area contributed by atoms with Crippen molar-refractivity contribution in [3.8, 4) is 11.5 Å². The van der Waals surface area contributed by atoms with E-state index in [0.717, 1.165) is 12.8 Å². The zero-order valence-corrected chi connectivity index (χ0v) is 13.4. The van der Waals surface area contributed by atoms with Gasteiger partial charge in [-0.2, -0.15) is 0 Å². The summed E-state index contributed by atoms with van der Waals surface area (Å²) in [6, 6.07) is 0. The number of allylic oxidation sites excluding steroid dienone is 1. The molecule has 18 heavy (non-hydrogen) atoms. The molecular formula is C15H26O2Si. The molecule has 0 aromatic rings. The average molecular weight is 266 g/mol. The normalized spacial score (nSPS) is 21.8. The molecule has 1 saturated heterocycles. The van der Waals surface area contributed by atoms with Gasteiger partial charge in [0.15, 0.2) is 5.79 Å². The van der Waals surface area contributed by atoms with Gasteiger partial charge in [-0.1, -0.05) is 25.7 Å². The molecule has 0 N–H and O–H groups in total. The van der Waals surface area contributed by atoms with Crippen LogP contribution in [0.3, 0.4) is 0 Å². The summed E-state index contributed by atoms with van der Waals surface area (Å²) in [6.07, 6.45) is 3.67. The van der Waals surface area contributed by atoms with Gasteiger partial charge in [0.25, 0.3) is 0 Å². The Kier molecular flexibility index (Phi) is 4.82. The van der Waals surface area contributed by atoms with Crippen molar-refractivity contribution in [2.24, 2.45) is 5.41 Å². The number of rotatable bonds is 3. The molecule has 0 radical (unpaired) electrons. The highest BCUT2D eigenvalue weighted by atomic mass is 28.3. The Morgan fingerprint density at radius 2 is 1.78 bits per heavy atom. The maximum absolute atomic E-state index is 5.79. The number of hydrogen-bond donors (Lipinski definition) is 0. The molecule has 1 fully saturated rings. The molecule has 1 aliphatic rings. The van der Waals surface area contributed by atoms with E-state index in [2.05, 4.69) is 37.7 Å². The van der Waals surface area contributed by atoms with Crippen LogP contribution in [0, 0.1) is 16.9 Å². The van der Waals surface area contributed by atoms with Crippen LogP contribution in [-0.4, -0.2) is 27.1 Å². The highest BCUT2D eigenvalue weighted by Crippen LogP contribution is 2.35. The van der Waals surface area contributed by atoms with Gasteiger partial charge in [0.1, 0.15) is 8.07 Å². The van der Waals surface area contributed by atoms with E-state index in [9.17, 15) is 0 Å². The minimum atomic E-state index is -1.29. The summed E-state index contributed by atoms with van der Waals surface area (Å²) in [6.45, 7) is 15.9. The summed E-state index contributed by atoms with van der Waals surface area (Å²) in [5.41, 5.74) is 3.41. The minimum Gasteiger partial charge on any atom is -0.350 e. The minimum absolute atomic E-state index is 0.0100. The first-order chi connectivity index (χ1) is 8.18. The van der Waals surface area contributed by atoms with Crippen LogP contribution in [0.2, 0.25) is 19.6 Å². The lowest BCUT2D eigenvalue weighted by molar-refractivity contribution is -0.284. The van der Waals surface area contributed by atoms with Crippen LogP contribution in [0.25, 0.3) is 0 Å². The van der Waals surface area contributed by atoms with Gasteiger partial charge in [0.05, 0.1) is 13.2 Å². The third-order valence-electron chi connectivity index (χ3n) is 2.96. The fourth-order valence-corrected chi connectivity index (χ4v) is 2.45. The van der Waals surface area contributed by atoms with E-state index >= 15 is 0 Å². The number of hydrogen-bond acceptors (Lipinski definition) is 2. The van der Waals surface area contributed by atoms with Crippen LogP contribution in [0.15, 0.2) is 12.7 Å². The van der Waals surface area contributed by atoms with Gasteiger partial charge in [-0.3, -0.25) is 0 Å². The Hall–Kier alpha value is -0.563. The Morgan fingerprint density at radius 3 is 2.22 bits per heavy atom. The standard InChI is InChI=1S/C15H26O2Si/c1-7-9-15(10-8-11-18(4,5)6)12-16-14(2,3)17-13-15/h7H,1,9-10,12-13H2,2-6H3. The van der Waals surface area contributed by atoms with Gasteiger partial charge in [-0.25, -0.2) is 0 Å². The van der Waals surface area contributed by atoms with Crippen molar-refractivity contribution < 1.29 is 9.47 Å². The van der Waals surface area contributed by atoms with Gasteiger partial charge < -0.3 is 9.47 Å². The molecule has 0 bridgehead atoms. The monoisotopic (exact) mass is 266 g/mol. The fraction of sp³-hybridized carbons (Fsp3) is 0.733. The van der Waals surface area contributed by atoms with Crippen LogP contribution in [0.5, 0.6) is 0 Å². The average Bonchev–Trinajstić information content (AvgIpc) is 2.21. The summed E-state index contributed by atoms with van der Waals surface area (Å²) in [4.78, 5) is 0. The second-order valence-corrected chi connectivity index (χ2v) is 11.4. The molecule has 0 unspecified atom stereocenters. The maximum Gasteiger partial charge on any atom is 0.162 e. The Balaban J connectivity index is 2.70. The Bertz CT molecular complexity index is 345. The lowest BCUT2D eigenvalue weighted by atomic mass is 9.82. The molecule has 0 amide bonds. The second kappa shape index (κ2) is 5.60. The molecule has 1 aliphatic heterocycles. The zero-order chi connectivity index (χ0) is 13.9. The third kappa shape index (κ3) is 4.97. The van der Waals surface area contributed by atoms with Crippen molar-refractivity contribution in [3.05, 3.63) is 12.7 Å². The highest BCUT2D eigenvalue weighted by Gasteiger charge is 2.38. The predicted octanol–water partition coefficient (Wildman–Crippen LogP) is 3.60. The topological polar surface area (TPSA) is 18.5 Å². The van der Waals surface area contributed by atoms with Gasteiger partial charge >= 0.3 is 0 Å². The first-order valence-electron chi connectivity index (χ1n) is 6.57. The zero-order valence-electron chi connectivity index (χ0n) is 12.4. The van der Waals surface area contributed by atoms with E-state index in [1.165, 1.54) is 0 Å². The van der Waals surface area contributed by atoms with Crippen LogP contribution in [0.4, 0.5) is 0 Å². The van der Waals surface area contributed by atoms with Gasteiger partial charge in [0, 0.05) is 11.8 Å². The first kappa shape index (κ1) is 15.5. The molecule has 0 aromatic carbocycles. The predicted molar refractivity (Wildman–Crippen MR) is 79.0 cm³/mol. The van der Waals surface area contributed by atoms with Gasteiger partial charge in [-0.15, -0.1) is 18.0 Å². The number of ether oxygens (including phenoxy) is 2. The summed E-state index contributed by atoms with van der Waals surface area (Å²) in [7, 11) is -1.29. The summed E-state index contributed by atoms with van der Waals surface area (Å²) in [5.74, 6) is 2.89. The van der Waals surface area contributed by atoms with Crippen LogP contribution < -0.4 is 0 Å². The molecule has 0 aliphatic carbocycles. The van der Waals surface area contributed by atoms with E-state index in [1.54, 1.807) is 0 Å². The van der Waals surface area contributed by atoms with Crippen molar-refractivity contribution >= 4 is 8.07 Å². The van der Waals surface area contributed by atoms with Crippen LogP contribution in [-0.2, 0) is 9.47 Å². The van der Waals surface area contributed by atoms with Crippen molar-refractivity contribution in [1.82, 2.24) is 0 Å². The maximum atomic E-state index is 5.79. The lowest BCUT2D eigenvalue weighted by Gasteiger charge is -2.42. The van der Waals surface area contributed by atoms with Crippen LogP contribution >= 0.6 is 0 Å². The van der Waals surface area contributed by atoms with E-state index in [1.807, 2.05) is 19.9 Å². The van der Waals surface area contributed by atoms with Crippen molar-refractivity contribution in [3.63, 3.8) is 0 Å². The fourth-order valence-electron chi connectivity index (χ4n) is 1.83. The largest absolute Gasteiger partial charge is 0.350 e. The van der Waals surface area contributed by atoms with Crippen LogP contribution in [0.1, 0.15) is 26.7 Å². The molecule has 3 heteroatoms.